The maximum Gasteiger partial charge on any atom is 0.338 e. The molecule has 1 heterocycles. The number of nitrogens with one attached hydrogen (secondary N) is 1. The first-order chi connectivity index (χ1) is 10.1. The first kappa shape index (κ1) is 15.5. The van der Waals surface area contributed by atoms with Gasteiger partial charge in [0, 0.05) is 11.9 Å². The number of thiol groups is 1. The Bertz CT molecular complexity index is 730. The lowest BCUT2D eigenvalue weighted by molar-refractivity contribution is 0.0596. The zero-order valence-electron chi connectivity index (χ0n) is 11.5. The van der Waals surface area contributed by atoms with E-state index in [4.69, 9.17) is 17.0 Å². The Morgan fingerprint density at radius 1 is 1.52 bits per heavy atom. The third kappa shape index (κ3) is 3.40. The lowest BCUT2D eigenvalue weighted by Gasteiger charge is -2.11. The van der Waals surface area contributed by atoms with Crippen molar-refractivity contribution in [1.29, 1.82) is 0 Å². The molecule has 6 nitrogen and oxygen atoms in total. The Labute approximate surface area is 132 Å². The van der Waals surface area contributed by atoms with Crippen molar-refractivity contribution in [3.63, 3.8) is 0 Å². The van der Waals surface area contributed by atoms with Gasteiger partial charge in [0.2, 0.25) is 10.7 Å². The minimum absolute atomic E-state index is 0.394. The summed E-state index contributed by atoms with van der Waals surface area (Å²) in [4.78, 5) is 20.5. The molecule has 0 spiro atoms. The Balaban J connectivity index is 2.36. The molecule has 0 aliphatic carbocycles. The van der Waals surface area contributed by atoms with Gasteiger partial charge in [-0.15, -0.1) is 12.6 Å². The van der Waals surface area contributed by atoms with Gasteiger partial charge >= 0.3 is 5.97 Å². The van der Waals surface area contributed by atoms with Gasteiger partial charge in [-0.2, -0.15) is 4.98 Å². The van der Waals surface area contributed by atoms with E-state index in [-0.39, 0.29) is 0 Å². The van der Waals surface area contributed by atoms with Crippen molar-refractivity contribution >= 4 is 36.8 Å². The highest BCUT2D eigenvalue weighted by molar-refractivity contribution is 7.80. The van der Waals surface area contributed by atoms with Crippen LogP contribution in [0.5, 0.6) is 0 Å². The van der Waals surface area contributed by atoms with Crippen molar-refractivity contribution < 1.29 is 9.53 Å². The normalized spacial score (nSPS) is 10.2. The van der Waals surface area contributed by atoms with Crippen LogP contribution >= 0.6 is 24.8 Å². The van der Waals surface area contributed by atoms with Gasteiger partial charge in [0.1, 0.15) is 6.33 Å². The number of anilines is 1. The SMILES string of the molecule is CNc1ncn(Cc2cccc(C(=O)OC)c2S)c(=S)n1. The molecule has 21 heavy (non-hydrogen) atoms. The number of aromatic nitrogens is 3. The number of methoxy groups -OCH3 is 1. The molecule has 0 amide bonds. The first-order valence-corrected chi connectivity index (χ1v) is 6.92. The average molecular weight is 322 g/mol. The molecular weight excluding hydrogens is 308 g/mol. The number of hydrogen-bond donors (Lipinski definition) is 2. The highest BCUT2D eigenvalue weighted by atomic mass is 32.1. The zero-order valence-corrected chi connectivity index (χ0v) is 13.2. The minimum Gasteiger partial charge on any atom is -0.465 e. The van der Waals surface area contributed by atoms with Gasteiger partial charge in [-0.05, 0) is 23.8 Å². The van der Waals surface area contributed by atoms with E-state index in [1.54, 1.807) is 30.1 Å². The number of esters is 1. The standard InChI is InChI=1S/C13H14N4O2S2/c1-14-12-15-7-17(13(21)16-12)6-8-4-3-5-9(10(8)20)11(18)19-2/h3-5,7,20H,6H2,1-2H3,(H,14,16,21). The molecule has 1 N–H and O–H groups in total. The fraction of sp³-hybridized carbons (Fsp3) is 0.231. The van der Waals surface area contributed by atoms with Crippen LogP contribution in [0.2, 0.25) is 0 Å². The van der Waals surface area contributed by atoms with Crippen molar-refractivity contribution in [2.75, 3.05) is 19.5 Å². The van der Waals surface area contributed by atoms with Crippen LogP contribution in [0.15, 0.2) is 29.4 Å². The van der Waals surface area contributed by atoms with Gasteiger partial charge in [-0.3, -0.25) is 0 Å². The number of nitrogens with zero attached hydrogens (tertiary/aromatic N) is 3. The van der Waals surface area contributed by atoms with Crippen molar-refractivity contribution in [1.82, 2.24) is 14.5 Å². The molecule has 1 aromatic carbocycles. The zero-order chi connectivity index (χ0) is 15.4. The van der Waals surface area contributed by atoms with E-state index >= 15 is 0 Å². The van der Waals surface area contributed by atoms with Crippen molar-refractivity contribution in [3.05, 3.63) is 40.4 Å². The van der Waals surface area contributed by atoms with Crippen molar-refractivity contribution in [3.8, 4) is 0 Å². The Morgan fingerprint density at radius 3 is 2.90 bits per heavy atom. The molecule has 2 aromatic rings. The van der Waals surface area contributed by atoms with Crippen LogP contribution in [0, 0.1) is 4.77 Å². The van der Waals surface area contributed by atoms with E-state index in [1.807, 2.05) is 6.07 Å². The second kappa shape index (κ2) is 6.68. The number of carbonyl (C=O) groups excluding carboxylic acids is 1. The first-order valence-electron chi connectivity index (χ1n) is 6.07. The summed E-state index contributed by atoms with van der Waals surface area (Å²) in [6, 6.07) is 5.30. The van der Waals surface area contributed by atoms with E-state index in [0.29, 0.717) is 27.7 Å². The molecule has 2 rings (SSSR count). The summed E-state index contributed by atoms with van der Waals surface area (Å²) in [5, 5.41) is 2.82. The summed E-state index contributed by atoms with van der Waals surface area (Å²) in [6.45, 7) is 0.423. The van der Waals surface area contributed by atoms with Crippen LogP contribution in [0.3, 0.4) is 0 Å². The summed E-state index contributed by atoms with van der Waals surface area (Å²) in [7, 11) is 3.06. The predicted octanol–water partition coefficient (Wildman–Crippen LogP) is 2.17. The molecule has 8 heteroatoms. The molecule has 0 saturated carbocycles. The van der Waals surface area contributed by atoms with Crippen LogP contribution < -0.4 is 5.32 Å². The van der Waals surface area contributed by atoms with E-state index in [9.17, 15) is 4.79 Å². The smallest absolute Gasteiger partial charge is 0.338 e. The Hall–Kier alpha value is -1.93. The van der Waals surface area contributed by atoms with E-state index in [0.717, 1.165) is 5.56 Å². The second-order valence-electron chi connectivity index (χ2n) is 4.15. The van der Waals surface area contributed by atoms with Gasteiger partial charge in [0.25, 0.3) is 0 Å². The number of ether oxygens (including phenoxy) is 1. The summed E-state index contributed by atoms with van der Waals surface area (Å²) < 4.78 is 6.82. The summed E-state index contributed by atoms with van der Waals surface area (Å²) in [5.41, 5.74) is 1.25. The lowest BCUT2D eigenvalue weighted by atomic mass is 10.1. The average Bonchev–Trinajstić information content (AvgIpc) is 2.50. The highest BCUT2D eigenvalue weighted by Crippen LogP contribution is 2.21. The quantitative estimate of drug-likeness (QED) is 0.511. The van der Waals surface area contributed by atoms with Crippen LogP contribution in [0.1, 0.15) is 15.9 Å². The van der Waals surface area contributed by atoms with Crippen LogP contribution in [0.4, 0.5) is 5.95 Å². The van der Waals surface area contributed by atoms with Crippen LogP contribution in [-0.2, 0) is 11.3 Å². The summed E-state index contributed by atoms with van der Waals surface area (Å²) in [5.74, 6) is 0.0397. The molecule has 0 unspecified atom stereocenters. The Kier molecular flexibility index (Phi) is 4.92. The summed E-state index contributed by atoms with van der Waals surface area (Å²) in [6.07, 6.45) is 1.60. The fourth-order valence-electron chi connectivity index (χ4n) is 1.76. The largest absolute Gasteiger partial charge is 0.465 e. The monoisotopic (exact) mass is 322 g/mol. The molecule has 0 fully saturated rings. The van der Waals surface area contributed by atoms with Crippen molar-refractivity contribution in [2.24, 2.45) is 0 Å². The molecule has 0 radical (unpaired) electrons. The van der Waals surface area contributed by atoms with Gasteiger partial charge in [0.05, 0.1) is 19.2 Å². The van der Waals surface area contributed by atoms with Crippen LogP contribution in [-0.4, -0.2) is 34.7 Å². The van der Waals surface area contributed by atoms with E-state index in [1.165, 1.54) is 7.11 Å². The third-order valence-electron chi connectivity index (χ3n) is 2.86. The summed E-state index contributed by atoms with van der Waals surface area (Å²) >= 11 is 9.62. The molecule has 0 bridgehead atoms. The van der Waals surface area contributed by atoms with E-state index in [2.05, 4.69) is 27.9 Å². The second-order valence-corrected chi connectivity index (χ2v) is 4.96. The number of benzene rings is 1. The van der Waals surface area contributed by atoms with Gasteiger partial charge in [-0.1, -0.05) is 12.1 Å². The maximum atomic E-state index is 11.7. The molecule has 1 aromatic heterocycles. The van der Waals surface area contributed by atoms with Gasteiger partial charge in [-0.25, -0.2) is 9.78 Å². The number of rotatable bonds is 4. The molecule has 110 valence electrons. The molecule has 0 aliphatic heterocycles. The Morgan fingerprint density at radius 2 is 2.29 bits per heavy atom. The molecular formula is C13H14N4O2S2. The highest BCUT2D eigenvalue weighted by Gasteiger charge is 2.13. The minimum atomic E-state index is -0.424. The van der Waals surface area contributed by atoms with E-state index < -0.39 is 5.97 Å². The molecule has 0 saturated heterocycles. The van der Waals surface area contributed by atoms with Crippen molar-refractivity contribution in [2.45, 2.75) is 11.4 Å². The van der Waals surface area contributed by atoms with Gasteiger partial charge in [0.15, 0.2) is 0 Å². The molecule has 0 aliphatic rings. The maximum absolute atomic E-state index is 11.7. The predicted molar refractivity (Wildman–Crippen MR) is 84.5 cm³/mol. The topological polar surface area (TPSA) is 69.0 Å². The third-order valence-corrected chi connectivity index (χ3v) is 3.71. The number of carbonyl (C=O) groups is 1. The number of hydrogen-bond acceptors (Lipinski definition) is 7. The fourth-order valence-corrected chi connectivity index (χ4v) is 2.27. The van der Waals surface area contributed by atoms with Crippen LogP contribution in [0.25, 0.3) is 0 Å². The lowest BCUT2D eigenvalue weighted by Crippen LogP contribution is -2.10. The molecule has 0 atom stereocenters. The van der Waals surface area contributed by atoms with Gasteiger partial charge < -0.3 is 14.6 Å².